The van der Waals surface area contributed by atoms with Crippen molar-refractivity contribution in [2.75, 3.05) is 0 Å². The van der Waals surface area contributed by atoms with Crippen molar-refractivity contribution < 1.29 is 30.8 Å². The fraction of sp³-hybridized carbons (Fsp3) is 0.0556. The van der Waals surface area contributed by atoms with Crippen LogP contribution in [0.15, 0.2) is 57.6 Å². The summed E-state index contributed by atoms with van der Waals surface area (Å²) in [6.07, 6.45) is 0. The summed E-state index contributed by atoms with van der Waals surface area (Å²) in [7, 11) is -4.91. The zero-order valence-electron chi connectivity index (χ0n) is 16.9. The zero-order valence-corrected chi connectivity index (χ0v) is 20.0. The van der Waals surface area contributed by atoms with Gasteiger partial charge >= 0.3 is 51.5 Å². The number of halogens is 1. The SMILES string of the molecule is Cc1cc(N=Nc2c([O-])c(C(=O)O)cc3ccccc23)c(S(=O)(=O)[O-])cc1Cl.[H-].[H-].[Sr+2]. The number of hydrogen-bond donors (Lipinski definition) is 1. The Bertz CT molecular complexity index is 1270. The van der Waals surface area contributed by atoms with Crippen LogP contribution in [0.5, 0.6) is 5.75 Å². The van der Waals surface area contributed by atoms with Gasteiger partial charge in [0.2, 0.25) is 0 Å². The first-order valence-corrected chi connectivity index (χ1v) is 9.52. The second-order valence-electron chi connectivity index (χ2n) is 5.85. The molecule has 0 radical (unpaired) electrons. The van der Waals surface area contributed by atoms with E-state index in [-0.39, 0.29) is 64.7 Å². The molecular weight excluding hydrogens is 495 g/mol. The fourth-order valence-electron chi connectivity index (χ4n) is 2.60. The average Bonchev–Trinajstić information content (AvgIpc) is 2.61. The van der Waals surface area contributed by atoms with Crippen molar-refractivity contribution in [2.45, 2.75) is 11.8 Å². The van der Waals surface area contributed by atoms with Gasteiger partial charge in [-0.2, -0.15) is 5.11 Å². The summed E-state index contributed by atoms with van der Waals surface area (Å²) < 4.78 is 34.5. The number of carboxylic acids is 1. The molecule has 8 nitrogen and oxygen atoms in total. The summed E-state index contributed by atoms with van der Waals surface area (Å²) in [6, 6.07) is 9.85. The molecule has 3 aromatic carbocycles. The van der Waals surface area contributed by atoms with Crippen molar-refractivity contribution in [2.24, 2.45) is 10.2 Å². The zero-order chi connectivity index (χ0) is 20.6. The van der Waals surface area contributed by atoms with Crippen LogP contribution in [0.2, 0.25) is 5.02 Å². The Hall–Kier alpha value is -1.53. The summed E-state index contributed by atoms with van der Waals surface area (Å²) >= 11 is 5.88. The molecule has 3 aromatic rings. The molecule has 0 spiro atoms. The number of benzene rings is 3. The van der Waals surface area contributed by atoms with E-state index in [1.54, 1.807) is 31.2 Å². The predicted molar refractivity (Wildman–Crippen MR) is 107 cm³/mol. The van der Waals surface area contributed by atoms with E-state index >= 15 is 0 Å². The number of aryl methyl sites for hydroxylation is 1. The van der Waals surface area contributed by atoms with Crippen LogP contribution in [-0.2, 0) is 10.1 Å². The minimum absolute atomic E-state index is 0. The van der Waals surface area contributed by atoms with E-state index in [0.29, 0.717) is 16.3 Å². The first-order chi connectivity index (χ1) is 13.1. The molecule has 0 unspecified atom stereocenters. The molecule has 0 aromatic heterocycles. The second kappa shape index (κ2) is 9.09. The van der Waals surface area contributed by atoms with E-state index in [2.05, 4.69) is 10.2 Å². The molecule has 0 aliphatic carbocycles. The molecular formula is C18H13ClN2O6SSr-2. The van der Waals surface area contributed by atoms with Gasteiger partial charge in [0.25, 0.3) is 0 Å². The molecule has 11 heteroatoms. The molecule has 0 bridgehead atoms. The first-order valence-electron chi connectivity index (χ1n) is 7.73. The Kier molecular flexibility index (Phi) is 7.44. The maximum atomic E-state index is 12.5. The minimum Gasteiger partial charge on any atom is -1.00 e. The van der Waals surface area contributed by atoms with E-state index in [0.717, 1.165) is 6.07 Å². The van der Waals surface area contributed by atoms with E-state index < -0.39 is 32.3 Å². The standard InChI is InChI=1S/C18H13ClN2O6S.Sr.2H/c1-9-6-14(15(8-13(9)19)28(25,26)27)20-21-16-11-5-3-2-4-10(11)7-12(17(16)22)18(23)24;;;/h2-8,22H,1H3,(H,23,24)(H,25,26,27);;;/q;+2;2*-1/p-2. The molecule has 29 heavy (non-hydrogen) atoms. The molecule has 0 aliphatic heterocycles. The van der Waals surface area contributed by atoms with Crippen molar-refractivity contribution in [3.63, 3.8) is 0 Å². The van der Waals surface area contributed by atoms with E-state index in [1.807, 2.05) is 0 Å². The Balaban J connectivity index is 0.00000300. The molecule has 0 heterocycles. The van der Waals surface area contributed by atoms with Gasteiger partial charge in [0.15, 0.2) is 0 Å². The van der Waals surface area contributed by atoms with Crippen molar-refractivity contribution in [3.05, 3.63) is 58.6 Å². The van der Waals surface area contributed by atoms with Crippen LogP contribution in [0.3, 0.4) is 0 Å². The molecule has 1 N–H and O–H groups in total. The van der Waals surface area contributed by atoms with Crippen LogP contribution in [0, 0.1) is 6.92 Å². The number of nitrogens with zero attached hydrogens (tertiary/aromatic N) is 2. The van der Waals surface area contributed by atoms with Crippen LogP contribution < -0.4 is 5.11 Å². The summed E-state index contributed by atoms with van der Waals surface area (Å²) in [5, 5.41) is 30.1. The summed E-state index contributed by atoms with van der Waals surface area (Å²) in [6.45, 7) is 1.57. The molecule has 0 saturated heterocycles. The van der Waals surface area contributed by atoms with Crippen LogP contribution in [-0.4, -0.2) is 69.5 Å². The number of aromatic carboxylic acids is 1. The Labute approximate surface area is 210 Å². The van der Waals surface area contributed by atoms with Gasteiger partial charge in [0, 0.05) is 10.4 Å². The van der Waals surface area contributed by atoms with E-state index in [4.69, 9.17) is 11.6 Å². The largest absolute Gasteiger partial charge is 2.00 e. The number of rotatable bonds is 4. The number of azo groups is 1. The van der Waals surface area contributed by atoms with Gasteiger partial charge in [0.1, 0.15) is 15.8 Å². The monoisotopic (exact) mass is 508 g/mol. The maximum absolute atomic E-state index is 12.5. The van der Waals surface area contributed by atoms with Gasteiger partial charge < -0.3 is 17.6 Å². The topological polar surface area (TPSA) is 142 Å². The van der Waals surface area contributed by atoms with Crippen LogP contribution in [0.1, 0.15) is 18.8 Å². The average molecular weight is 508 g/mol. The summed E-state index contributed by atoms with van der Waals surface area (Å²) in [4.78, 5) is 10.7. The van der Waals surface area contributed by atoms with Gasteiger partial charge in [-0.05, 0) is 36.1 Å². The Morgan fingerprint density at radius 2 is 1.83 bits per heavy atom. The van der Waals surface area contributed by atoms with Gasteiger partial charge in [-0.1, -0.05) is 41.6 Å². The molecule has 0 saturated carbocycles. The van der Waals surface area contributed by atoms with Crippen molar-refractivity contribution in [1.82, 2.24) is 0 Å². The molecule has 0 fully saturated rings. The Morgan fingerprint density at radius 3 is 2.45 bits per heavy atom. The van der Waals surface area contributed by atoms with Gasteiger partial charge in [-0.25, -0.2) is 13.2 Å². The third-order valence-electron chi connectivity index (χ3n) is 3.97. The third-order valence-corrected chi connectivity index (χ3v) is 5.25. The van der Waals surface area contributed by atoms with Gasteiger partial charge in [0.05, 0.1) is 16.1 Å². The smallest absolute Gasteiger partial charge is 1.00 e. The maximum Gasteiger partial charge on any atom is 2.00 e. The predicted octanol–water partition coefficient (Wildman–Crippen LogP) is 3.74. The summed E-state index contributed by atoms with van der Waals surface area (Å²) in [5.41, 5.74) is -0.649. The Morgan fingerprint density at radius 1 is 1.17 bits per heavy atom. The summed E-state index contributed by atoms with van der Waals surface area (Å²) in [5.74, 6) is -2.32. The quantitative estimate of drug-likeness (QED) is 0.323. The van der Waals surface area contributed by atoms with Crippen LogP contribution >= 0.6 is 11.6 Å². The molecule has 0 atom stereocenters. The van der Waals surface area contributed by atoms with Crippen molar-refractivity contribution in [3.8, 4) is 5.75 Å². The third kappa shape index (κ3) is 4.97. The van der Waals surface area contributed by atoms with E-state index in [9.17, 15) is 28.0 Å². The van der Waals surface area contributed by atoms with Gasteiger partial charge in [-0.15, -0.1) is 5.11 Å². The number of fused-ring (bicyclic) bond motifs is 1. The van der Waals surface area contributed by atoms with Crippen LogP contribution in [0.4, 0.5) is 11.4 Å². The molecule has 0 amide bonds. The number of hydrogen-bond acceptors (Lipinski definition) is 7. The number of carbonyl (C=O) groups is 1. The molecule has 148 valence electrons. The fourth-order valence-corrected chi connectivity index (χ4v) is 3.44. The first kappa shape index (κ1) is 23.7. The van der Waals surface area contributed by atoms with Crippen LogP contribution in [0.25, 0.3) is 10.8 Å². The molecule has 3 rings (SSSR count). The van der Waals surface area contributed by atoms with Crippen molar-refractivity contribution in [1.29, 1.82) is 0 Å². The van der Waals surface area contributed by atoms with Crippen molar-refractivity contribution >= 4 is 95.3 Å². The number of carboxylic acid groups (broad SMARTS) is 1. The minimum atomic E-state index is -4.91. The van der Waals surface area contributed by atoms with E-state index in [1.165, 1.54) is 12.1 Å². The molecule has 0 aliphatic rings. The normalized spacial score (nSPS) is 11.6. The second-order valence-corrected chi connectivity index (χ2v) is 7.61. The van der Waals surface area contributed by atoms with Gasteiger partial charge in [-0.3, -0.25) is 0 Å².